The third-order valence-electron chi connectivity index (χ3n) is 2.16. The van der Waals surface area contributed by atoms with Crippen molar-refractivity contribution >= 4 is 15.7 Å². The third kappa shape index (κ3) is 4.61. The third-order valence-corrected chi connectivity index (χ3v) is 3.95. The van der Waals surface area contributed by atoms with Gasteiger partial charge < -0.3 is 0 Å². The average molecular weight is 277 g/mol. The van der Waals surface area contributed by atoms with E-state index in [1.54, 1.807) is 0 Å². The van der Waals surface area contributed by atoms with E-state index in [1.807, 2.05) is 32.9 Å². The molecule has 0 aliphatic rings. The maximum Gasteiger partial charge on any atom is 0.233 e. The first-order chi connectivity index (χ1) is 8.67. The van der Waals surface area contributed by atoms with Gasteiger partial charge in [-0.25, -0.2) is 8.42 Å². The Hall–Kier alpha value is -2.05. The normalized spacial score (nSPS) is 11.4. The van der Waals surface area contributed by atoms with E-state index in [2.05, 4.69) is 4.72 Å². The Kier molecular flexibility index (Phi) is 4.18. The maximum atomic E-state index is 11.9. The smallest absolute Gasteiger partial charge is 0.233 e. The standard InChI is InChI=1S/C13H15N3O2S/c1-13(2,3)9-19(17,18)16-12-5-4-10(7-14)11(6-12)8-15/h4-6,16H,9H2,1-3H3. The van der Waals surface area contributed by atoms with E-state index < -0.39 is 10.0 Å². The van der Waals surface area contributed by atoms with Gasteiger partial charge in [0.25, 0.3) is 0 Å². The molecule has 0 bridgehead atoms. The van der Waals surface area contributed by atoms with Crippen molar-refractivity contribution in [1.82, 2.24) is 0 Å². The molecule has 19 heavy (non-hydrogen) atoms. The van der Waals surface area contributed by atoms with Crippen molar-refractivity contribution in [1.29, 1.82) is 10.5 Å². The summed E-state index contributed by atoms with van der Waals surface area (Å²) in [6.45, 7) is 5.48. The molecular weight excluding hydrogens is 262 g/mol. The van der Waals surface area contributed by atoms with Crippen molar-refractivity contribution in [2.45, 2.75) is 20.8 Å². The molecule has 1 aromatic carbocycles. The van der Waals surface area contributed by atoms with Crippen LogP contribution in [0.4, 0.5) is 5.69 Å². The summed E-state index contributed by atoms with van der Waals surface area (Å²) in [6.07, 6.45) is 0. The van der Waals surface area contributed by atoms with Crippen LogP contribution in [0.15, 0.2) is 18.2 Å². The van der Waals surface area contributed by atoms with Crippen LogP contribution in [0.2, 0.25) is 0 Å². The van der Waals surface area contributed by atoms with E-state index in [1.165, 1.54) is 18.2 Å². The molecule has 0 amide bonds. The molecule has 0 aliphatic carbocycles. The first kappa shape index (κ1) is 15.0. The van der Waals surface area contributed by atoms with Crippen LogP contribution in [-0.2, 0) is 10.0 Å². The highest BCUT2D eigenvalue weighted by molar-refractivity contribution is 7.92. The lowest BCUT2D eigenvalue weighted by molar-refractivity contribution is 0.463. The monoisotopic (exact) mass is 277 g/mol. The number of hydrogen-bond donors (Lipinski definition) is 1. The largest absolute Gasteiger partial charge is 0.283 e. The van der Waals surface area contributed by atoms with E-state index in [-0.39, 0.29) is 22.3 Å². The van der Waals surface area contributed by atoms with Crippen LogP contribution in [0.5, 0.6) is 0 Å². The van der Waals surface area contributed by atoms with E-state index in [0.29, 0.717) is 5.69 Å². The highest BCUT2D eigenvalue weighted by atomic mass is 32.2. The Morgan fingerprint density at radius 3 is 2.21 bits per heavy atom. The number of hydrogen-bond acceptors (Lipinski definition) is 4. The number of rotatable bonds is 3. The summed E-state index contributed by atoms with van der Waals surface area (Å²) in [7, 11) is -3.48. The van der Waals surface area contributed by atoms with Crippen LogP contribution in [0.25, 0.3) is 0 Å². The Morgan fingerprint density at radius 1 is 1.16 bits per heavy atom. The molecule has 1 aromatic rings. The number of anilines is 1. The zero-order valence-electron chi connectivity index (χ0n) is 11.1. The fraction of sp³-hybridized carbons (Fsp3) is 0.385. The van der Waals surface area contributed by atoms with Gasteiger partial charge in [0.1, 0.15) is 12.1 Å². The lowest BCUT2D eigenvalue weighted by Gasteiger charge is -2.18. The number of nitrogens with zero attached hydrogens (tertiary/aromatic N) is 2. The lowest BCUT2D eigenvalue weighted by atomic mass is 10.0. The molecule has 100 valence electrons. The summed E-state index contributed by atoms with van der Waals surface area (Å²) >= 11 is 0. The number of sulfonamides is 1. The Morgan fingerprint density at radius 2 is 1.74 bits per heavy atom. The topological polar surface area (TPSA) is 93.8 Å². The molecule has 0 atom stereocenters. The minimum atomic E-state index is -3.48. The Bertz CT molecular complexity index is 659. The summed E-state index contributed by atoms with van der Waals surface area (Å²) in [6, 6.07) is 7.99. The average Bonchev–Trinajstić information content (AvgIpc) is 2.24. The van der Waals surface area contributed by atoms with Crippen molar-refractivity contribution in [2.75, 3.05) is 10.5 Å². The zero-order valence-corrected chi connectivity index (χ0v) is 11.9. The maximum absolute atomic E-state index is 11.9. The molecule has 0 fully saturated rings. The lowest BCUT2D eigenvalue weighted by Crippen LogP contribution is -2.26. The summed E-state index contributed by atoms with van der Waals surface area (Å²) in [5.74, 6) is -0.0259. The van der Waals surface area contributed by atoms with Crippen molar-refractivity contribution in [3.63, 3.8) is 0 Å². The van der Waals surface area contributed by atoms with Crippen LogP contribution in [0.1, 0.15) is 31.9 Å². The molecule has 0 aromatic heterocycles. The van der Waals surface area contributed by atoms with Crippen molar-refractivity contribution in [3.05, 3.63) is 29.3 Å². The van der Waals surface area contributed by atoms with E-state index in [4.69, 9.17) is 10.5 Å². The van der Waals surface area contributed by atoms with Crippen molar-refractivity contribution in [3.8, 4) is 12.1 Å². The van der Waals surface area contributed by atoms with Crippen LogP contribution in [0, 0.1) is 28.1 Å². The molecule has 5 nitrogen and oxygen atoms in total. The minimum Gasteiger partial charge on any atom is -0.283 e. The van der Waals surface area contributed by atoms with E-state index in [0.717, 1.165) is 0 Å². The van der Waals surface area contributed by atoms with Gasteiger partial charge in [-0.05, 0) is 23.6 Å². The number of benzene rings is 1. The SMILES string of the molecule is CC(C)(C)CS(=O)(=O)Nc1ccc(C#N)c(C#N)c1. The molecule has 1 rings (SSSR count). The van der Waals surface area contributed by atoms with Gasteiger partial charge >= 0.3 is 0 Å². The molecule has 0 heterocycles. The molecule has 1 N–H and O–H groups in total. The summed E-state index contributed by atoms with van der Waals surface area (Å²) < 4.78 is 26.2. The summed E-state index contributed by atoms with van der Waals surface area (Å²) in [4.78, 5) is 0. The fourth-order valence-corrected chi connectivity index (χ4v) is 3.28. The second-order valence-electron chi connectivity index (χ2n) is 5.41. The van der Waals surface area contributed by atoms with Crippen LogP contribution in [0.3, 0.4) is 0 Å². The van der Waals surface area contributed by atoms with Crippen molar-refractivity contribution in [2.24, 2.45) is 5.41 Å². The van der Waals surface area contributed by atoms with Crippen LogP contribution in [-0.4, -0.2) is 14.2 Å². The molecule has 0 radical (unpaired) electrons. The first-order valence-electron chi connectivity index (χ1n) is 5.61. The first-order valence-corrected chi connectivity index (χ1v) is 7.27. The van der Waals surface area contributed by atoms with Gasteiger partial charge in [0.2, 0.25) is 10.0 Å². The molecule has 0 spiro atoms. The van der Waals surface area contributed by atoms with Gasteiger partial charge in [0.05, 0.1) is 16.9 Å². The van der Waals surface area contributed by atoms with Crippen molar-refractivity contribution < 1.29 is 8.42 Å². The molecule has 6 heteroatoms. The quantitative estimate of drug-likeness (QED) is 0.916. The van der Waals surface area contributed by atoms with Crippen LogP contribution >= 0.6 is 0 Å². The highest BCUT2D eigenvalue weighted by Crippen LogP contribution is 2.20. The van der Waals surface area contributed by atoms with Gasteiger partial charge in [-0.3, -0.25) is 4.72 Å². The van der Waals surface area contributed by atoms with Gasteiger partial charge in [-0.1, -0.05) is 20.8 Å². The Balaban J connectivity index is 3.03. The second-order valence-corrected chi connectivity index (χ2v) is 7.13. The van der Waals surface area contributed by atoms with Gasteiger partial charge in [-0.2, -0.15) is 10.5 Å². The zero-order chi connectivity index (χ0) is 14.7. The van der Waals surface area contributed by atoms with Crippen LogP contribution < -0.4 is 4.72 Å². The van der Waals surface area contributed by atoms with E-state index >= 15 is 0 Å². The molecule has 0 saturated heterocycles. The molecule has 0 aliphatic heterocycles. The highest BCUT2D eigenvalue weighted by Gasteiger charge is 2.21. The predicted octanol–water partition coefficient (Wildman–Crippen LogP) is 2.22. The van der Waals surface area contributed by atoms with Gasteiger partial charge in [-0.15, -0.1) is 0 Å². The molecule has 0 unspecified atom stereocenters. The summed E-state index contributed by atoms with van der Waals surface area (Å²) in [5.41, 5.74) is 0.302. The number of nitrogens with one attached hydrogen (secondary N) is 1. The molecule has 0 saturated carbocycles. The number of nitriles is 2. The minimum absolute atomic E-state index is 0.0259. The second kappa shape index (κ2) is 5.29. The van der Waals surface area contributed by atoms with Gasteiger partial charge in [0, 0.05) is 5.69 Å². The fourth-order valence-electron chi connectivity index (χ4n) is 1.58. The molecular formula is C13H15N3O2S. The summed E-state index contributed by atoms with van der Waals surface area (Å²) in [5, 5.41) is 17.7. The van der Waals surface area contributed by atoms with Gasteiger partial charge in [0.15, 0.2) is 0 Å². The Labute approximate surface area is 113 Å². The van der Waals surface area contributed by atoms with E-state index in [9.17, 15) is 8.42 Å². The predicted molar refractivity (Wildman–Crippen MR) is 72.7 cm³/mol.